The number of benzene rings is 3. The van der Waals surface area contributed by atoms with E-state index in [4.69, 9.17) is 4.98 Å². The lowest BCUT2D eigenvalue weighted by Gasteiger charge is -2.18. The number of nitrogens with zero attached hydrogens (tertiary/aromatic N) is 4. The Balaban J connectivity index is 1.68. The Hall–Kier alpha value is -4.30. The molecule has 0 unspecified atom stereocenters. The lowest BCUT2D eigenvalue weighted by Crippen LogP contribution is -2.25. The van der Waals surface area contributed by atoms with Crippen LogP contribution < -0.4 is 5.56 Å². The van der Waals surface area contributed by atoms with Crippen LogP contribution in [0.15, 0.2) is 83.8 Å². The fraction of sp³-hybridized carbons (Fsp3) is 0.172. The molecule has 1 N–H and O–H groups in total. The Morgan fingerprint density at radius 1 is 0.919 bits per heavy atom. The van der Waals surface area contributed by atoms with Gasteiger partial charge in [-0.1, -0.05) is 36.4 Å². The van der Waals surface area contributed by atoms with Gasteiger partial charge in [-0.05, 0) is 55.9 Å². The Morgan fingerprint density at radius 2 is 1.59 bits per heavy atom. The number of fused-ring (bicyclic) bond motifs is 1. The molecule has 0 radical (unpaired) electrons. The first-order valence-corrected chi connectivity index (χ1v) is 11.9. The van der Waals surface area contributed by atoms with Crippen LogP contribution in [0, 0.1) is 18.6 Å². The maximum atomic E-state index is 14.5. The molecule has 188 valence electrons. The first kappa shape index (κ1) is 24.4. The van der Waals surface area contributed by atoms with E-state index in [1.54, 1.807) is 42.0 Å². The summed E-state index contributed by atoms with van der Waals surface area (Å²) in [6.07, 6.45) is 1.58. The summed E-state index contributed by atoms with van der Waals surface area (Å²) in [6, 6.07) is 20.3. The topological polar surface area (TPSA) is 62.8 Å². The Kier molecular flexibility index (Phi) is 6.58. The van der Waals surface area contributed by atoms with Crippen LogP contribution in [-0.4, -0.2) is 31.0 Å². The van der Waals surface area contributed by atoms with E-state index in [0.29, 0.717) is 35.6 Å². The molecule has 0 saturated carbocycles. The van der Waals surface area contributed by atoms with Crippen molar-refractivity contribution < 1.29 is 13.9 Å². The molecule has 5 aromatic rings. The van der Waals surface area contributed by atoms with Gasteiger partial charge >= 0.3 is 0 Å². The maximum Gasteiger partial charge on any atom is 0.262 e. The molecule has 2 aromatic heterocycles. The number of aryl methyl sites for hydroxylation is 1. The molecule has 0 bridgehead atoms. The van der Waals surface area contributed by atoms with Crippen LogP contribution in [-0.2, 0) is 19.6 Å². The van der Waals surface area contributed by atoms with Crippen LogP contribution in [0.2, 0.25) is 0 Å². The SMILES string of the molecule is Cc1cn(Cc2c(F)cccc2F)c2nc(-c3ccc(O)cc3)c(CN(C)Cc3ccccc3)n2c1=O. The first-order valence-electron chi connectivity index (χ1n) is 11.9. The molecule has 8 heteroatoms. The molecular formula is C29H26F2N4O2. The van der Waals surface area contributed by atoms with Gasteiger partial charge in [-0.25, -0.2) is 18.2 Å². The van der Waals surface area contributed by atoms with Crippen molar-refractivity contribution in [2.75, 3.05) is 7.05 Å². The van der Waals surface area contributed by atoms with E-state index in [2.05, 4.69) is 4.90 Å². The van der Waals surface area contributed by atoms with Crippen LogP contribution >= 0.6 is 0 Å². The van der Waals surface area contributed by atoms with Crippen LogP contribution in [0.5, 0.6) is 5.75 Å². The minimum absolute atomic E-state index is 0.107. The molecule has 0 aliphatic rings. The summed E-state index contributed by atoms with van der Waals surface area (Å²) in [5.41, 5.74) is 3.11. The lowest BCUT2D eigenvalue weighted by molar-refractivity contribution is 0.314. The zero-order chi connectivity index (χ0) is 26.1. The van der Waals surface area contributed by atoms with Gasteiger partial charge in [0.1, 0.15) is 17.4 Å². The fourth-order valence-corrected chi connectivity index (χ4v) is 4.54. The van der Waals surface area contributed by atoms with E-state index in [-0.39, 0.29) is 29.2 Å². The van der Waals surface area contributed by atoms with Gasteiger partial charge in [-0.2, -0.15) is 0 Å². The summed E-state index contributed by atoms with van der Waals surface area (Å²) in [7, 11) is 1.95. The molecule has 37 heavy (non-hydrogen) atoms. The summed E-state index contributed by atoms with van der Waals surface area (Å²) in [4.78, 5) is 20.3. The molecule has 3 aromatic carbocycles. The molecule has 0 amide bonds. The highest BCUT2D eigenvalue weighted by Crippen LogP contribution is 2.27. The zero-order valence-electron chi connectivity index (χ0n) is 20.5. The molecule has 0 atom stereocenters. The first-order chi connectivity index (χ1) is 17.8. The Bertz CT molecular complexity index is 1610. The van der Waals surface area contributed by atoms with Gasteiger partial charge in [-0.15, -0.1) is 0 Å². The smallest absolute Gasteiger partial charge is 0.262 e. The fourth-order valence-electron chi connectivity index (χ4n) is 4.54. The summed E-state index contributed by atoms with van der Waals surface area (Å²) in [6.45, 7) is 2.57. The van der Waals surface area contributed by atoms with E-state index in [9.17, 15) is 18.7 Å². The minimum atomic E-state index is -0.664. The standard InChI is InChI=1S/C29H26F2N4O2/c1-19-15-34(17-23-24(30)9-6-10-25(23)31)29-32-27(21-11-13-22(36)14-12-21)26(35(29)28(19)37)18-33(2)16-20-7-4-3-5-8-20/h3-15,36H,16-18H2,1-2H3. The highest BCUT2D eigenvalue weighted by Gasteiger charge is 2.22. The number of imidazole rings is 1. The number of aromatic hydroxyl groups is 1. The summed E-state index contributed by atoms with van der Waals surface area (Å²) in [5.74, 6) is -0.935. The van der Waals surface area contributed by atoms with Gasteiger partial charge in [0.05, 0.1) is 17.9 Å². The monoisotopic (exact) mass is 500 g/mol. The van der Waals surface area contributed by atoms with E-state index >= 15 is 0 Å². The third-order valence-corrected chi connectivity index (χ3v) is 6.35. The van der Waals surface area contributed by atoms with E-state index < -0.39 is 11.6 Å². The predicted molar refractivity (Wildman–Crippen MR) is 138 cm³/mol. The average Bonchev–Trinajstić information content (AvgIpc) is 3.25. The molecule has 5 rings (SSSR count). The second-order valence-electron chi connectivity index (χ2n) is 9.19. The summed E-state index contributed by atoms with van der Waals surface area (Å²) in [5, 5.41) is 9.80. The van der Waals surface area contributed by atoms with Crippen LogP contribution in [0.25, 0.3) is 17.0 Å². The molecular weight excluding hydrogens is 474 g/mol. The van der Waals surface area contributed by atoms with E-state index in [1.807, 2.05) is 37.4 Å². The molecule has 0 fully saturated rings. The largest absolute Gasteiger partial charge is 0.508 e. The van der Waals surface area contributed by atoms with Crippen LogP contribution in [0.3, 0.4) is 0 Å². The van der Waals surface area contributed by atoms with Gasteiger partial charge in [0, 0.05) is 36.0 Å². The van der Waals surface area contributed by atoms with Crippen molar-refractivity contribution in [1.29, 1.82) is 0 Å². The average molecular weight is 501 g/mol. The molecule has 0 saturated heterocycles. The summed E-state index contributed by atoms with van der Waals surface area (Å²) < 4.78 is 32.1. The number of phenols is 1. The van der Waals surface area contributed by atoms with Crippen LogP contribution in [0.1, 0.15) is 22.4 Å². The third-order valence-electron chi connectivity index (χ3n) is 6.35. The quantitative estimate of drug-likeness (QED) is 0.336. The number of phenolic OH excluding ortho intramolecular Hbond substituents is 1. The van der Waals surface area contributed by atoms with Crippen molar-refractivity contribution in [1.82, 2.24) is 18.9 Å². The highest BCUT2D eigenvalue weighted by atomic mass is 19.1. The molecule has 6 nitrogen and oxygen atoms in total. The van der Waals surface area contributed by atoms with Crippen molar-refractivity contribution in [3.05, 3.63) is 123 Å². The Morgan fingerprint density at radius 3 is 2.27 bits per heavy atom. The highest BCUT2D eigenvalue weighted by molar-refractivity contribution is 5.66. The molecule has 0 aliphatic carbocycles. The number of halogens is 2. The van der Waals surface area contributed by atoms with Gasteiger partial charge in [0.2, 0.25) is 5.78 Å². The van der Waals surface area contributed by atoms with Crippen molar-refractivity contribution in [3.8, 4) is 17.0 Å². The normalized spacial score (nSPS) is 11.5. The van der Waals surface area contributed by atoms with E-state index in [1.165, 1.54) is 22.6 Å². The van der Waals surface area contributed by atoms with E-state index in [0.717, 1.165) is 5.56 Å². The lowest BCUT2D eigenvalue weighted by atomic mass is 10.1. The minimum Gasteiger partial charge on any atom is -0.508 e. The second kappa shape index (κ2) is 9.99. The second-order valence-corrected chi connectivity index (χ2v) is 9.19. The van der Waals surface area contributed by atoms with Crippen molar-refractivity contribution in [2.45, 2.75) is 26.6 Å². The zero-order valence-corrected chi connectivity index (χ0v) is 20.5. The number of hydrogen-bond acceptors (Lipinski definition) is 4. The maximum absolute atomic E-state index is 14.5. The van der Waals surface area contributed by atoms with Gasteiger partial charge in [0.15, 0.2) is 0 Å². The number of hydrogen-bond donors (Lipinski definition) is 1. The number of aromatic nitrogens is 3. The third kappa shape index (κ3) is 4.88. The Labute approximate surface area is 212 Å². The van der Waals surface area contributed by atoms with Crippen molar-refractivity contribution >= 4 is 5.78 Å². The number of rotatable bonds is 7. The van der Waals surface area contributed by atoms with Gasteiger partial charge in [0.25, 0.3) is 5.56 Å². The van der Waals surface area contributed by atoms with Gasteiger partial charge < -0.3 is 9.67 Å². The predicted octanol–water partition coefficient (Wildman–Crippen LogP) is 5.14. The molecule has 2 heterocycles. The van der Waals surface area contributed by atoms with Crippen LogP contribution in [0.4, 0.5) is 8.78 Å². The van der Waals surface area contributed by atoms with Crippen molar-refractivity contribution in [2.24, 2.45) is 0 Å². The summed E-state index contributed by atoms with van der Waals surface area (Å²) >= 11 is 0. The molecule has 0 spiro atoms. The van der Waals surface area contributed by atoms with Gasteiger partial charge in [-0.3, -0.25) is 9.69 Å². The molecule has 0 aliphatic heterocycles. The van der Waals surface area contributed by atoms with Crippen molar-refractivity contribution in [3.63, 3.8) is 0 Å².